The predicted octanol–water partition coefficient (Wildman–Crippen LogP) is 5.50. The van der Waals surface area contributed by atoms with Crippen molar-refractivity contribution in [3.05, 3.63) is 48.3 Å². The molecular formula is C22H19FN3O2S. The Morgan fingerprint density at radius 1 is 1.14 bits per heavy atom. The van der Waals surface area contributed by atoms with Crippen LogP contribution >= 0.6 is 11.3 Å². The van der Waals surface area contributed by atoms with E-state index in [0.717, 1.165) is 51.1 Å². The molecule has 1 fully saturated rings. The van der Waals surface area contributed by atoms with E-state index < -0.39 is 0 Å². The zero-order valence-corrected chi connectivity index (χ0v) is 16.9. The number of aryl methyl sites for hydroxylation is 1. The number of thiazole rings is 1. The minimum Gasteiger partial charge on any atom is -0.487 e. The summed E-state index contributed by atoms with van der Waals surface area (Å²) >= 11 is 1.50. The summed E-state index contributed by atoms with van der Waals surface area (Å²) in [7, 11) is 1.57. The molecule has 0 N–H and O–H groups in total. The van der Waals surface area contributed by atoms with Crippen LogP contribution in [0.3, 0.4) is 0 Å². The maximum atomic E-state index is 14.6. The van der Waals surface area contributed by atoms with Crippen molar-refractivity contribution in [3.63, 3.8) is 0 Å². The second-order valence-corrected chi connectivity index (χ2v) is 8.22. The molecule has 1 aliphatic carbocycles. The number of halogens is 1. The topological polar surface area (TPSA) is 57.1 Å². The summed E-state index contributed by atoms with van der Waals surface area (Å²) in [6.07, 6.45) is 6.73. The summed E-state index contributed by atoms with van der Waals surface area (Å²) in [6, 6.07) is 7.20. The fourth-order valence-electron chi connectivity index (χ4n) is 3.66. The van der Waals surface area contributed by atoms with Crippen LogP contribution in [0.15, 0.2) is 30.5 Å². The van der Waals surface area contributed by atoms with Crippen LogP contribution in [0.1, 0.15) is 24.8 Å². The maximum absolute atomic E-state index is 14.6. The fourth-order valence-corrected chi connectivity index (χ4v) is 4.65. The number of rotatable bonds is 4. The van der Waals surface area contributed by atoms with Crippen LogP contribution in [0, 0.1) is 19.2 Å². The molecule has 2 aromatic carbocycles. The van der Waals surface area contributed by atoms with E-state index in [-0.39, 0.29) is 17.7 Å². The van der Waals surface area contributed by atoms with E-state index >= 15 is 0 Å². The van der Waals surface area contributed by atoms with Gasteiger partial charge >= 0.3 is 0 Å². The van der Waals surface area contributed by atoms with Crippen LogP contribution in [0.4, 0.5) is 4.39 Å². The minimum absolute atomic E-state index is 0.0136. The lowest BCUT2D eigenvalue weighted by atomic mass is 10.1. The van der Waals surface area contributed by atoms with Crippen molar-refractivity contribution in [1.82, 2.24) is 15.0 Å². The monoisotopic (exact) mass is 408 g/mol. The zero-order valence-electron chi connectivity index (χ0n) is 16.1. The first-order valence-electron chi connectivity index (χ1n) is 9.52. The summed E-state index contributed by atoms with van der Waals surface area (Å²) in [5.41, 5.74) is 4.02. The average Bonchev–Trinajstić information content (AvgIpc) is 3.36. The highest BCUT2D eigenvalue weighted by Gasteiger charge is 2.20. The SMILES string of the molecule is COc1cnc2c(-c3nc4cc(F)c(O[C@H]5[CH]CCC5)cc4s3)cc(C)cc2n1. The van der Waals surface area contributed by atoms with Crippen LogP contribution in [-0.4, -0.2) is 28.2 Å². The second kappa shape index (κ2) is 7.22. The number of nitrogens with zero attached hydrogens (tertiary/aromatic N) is 3. The molecule has 7 heteroatoms. The third-order valence-electron chi connectivity index (χ3n) is 5.05. The summed E-state index contributed by atoms with van der Waals surface area (Å²) < 4.78 is 26.5. The Bertz CT molecular complexity index is 1220. The van der Waals surface area contributed by atoms with Crippen molar-refractivity contribution in [2.75, 3.05) is 7.11 Å². The summed E-state index contributed by atoms with van der Waals surface area (Å²) in [5.74, 6) is 0.369. The Kier molecular flexibility index (Phi) is 4.54. The molecule has 1 radical (unpaired) electrons. The molecule has 1 saturated carbocycles. The molecule has 0 unspecified atom stereocenters. The van der Waals surface area contributed by atoms with Gasteiger partial charge in [-0.2, -0.15) is 0 Å². The molecule has 5 nitrogen and oxygen atoms in total. The van der Waals surface area contributed by atoms with Gasteiger partial charge in [-0.15, -0.1) is 11.3 Å². The van der Waals surface area contributed by atoms with E-state index in [2.05, 4.69) is 21.4 Å². The quantitative estimate of drug-likeness (QED) is 0.446. The van der Waals surface area contributed by atoms with Crippen molar-refractivity contribution >= 4 is 32.6 Å². The Labute approximate surface area is 171 Å². The summed E-state index contributed by atoms with van der Waals surface area (Å²) in [4.78, 5) is 13.7. The van der Waals surface area contributed by atoms with E-state index in [9.17, 15) is 4.39 Å². The molecule has 29 heavy (non-hydrogen) atoms. The highest BCUT2D eigenvalue weighted by Crippen LogP contribution is 2.37. The molecular weight excluding hydrogens is 389 g/mol. The lowest BCUT2D eigenvalue weighted by molar-refractivity contribution is 0.231. The number of benzene rings is 2. The zero-order chi connectivity index (χ0) is 20.0. The molecule has 0 spiro atoms. The fraction of sp³-hybridized carbons (Fsp3) is 0.273. The van der Waals surface area contributed by atoms with Crippen molar-refractivity contribution in [1.29, 1.82) is 0 Å². The second-order valence-electron chi connectivity index (χ2n) is 7.18. The molecule has 0 amide bonds. The average molecular weight is 408 g/mol. The molecule has 1 atom stereocenters. The molecule has 2 heterocycles. The van der Waals surface area contributed by atoms with Gasteiger partial charge < -0.3 is 9.47 Å². The standard InChI is InChI=1S/C22H19FN3O2S/c1-12-7-14(21-17(8-12)25-20(27-2)11-24-21)22-26-16-9-15(23)18(10-19(16)29-22)28-13-5-3-4-6-13/h5,7-11,13H,3-4,6H2,1-2H3/t13-/m0/s1. The maximum Gasteiger partial charge on any atom is 0.232 e. The molecule has 0 saturated heterocycles. The molecule has 5 rings (SSSR count). The number of hydrogen-bond donors (Lipinski definition) is 0. The first kappa shape index (κ1) is 18.2. The van der Waals surface area contributed by atoms with E-state index in [1.165, 1.54) is 17.4 Å². The van der Waals surface area contributed by atoms with Crippen LogP contribution < -0.4 is 9.47 Å². The lowest BCUT2D eigenvalue weighted by Crippen LogP contribution is -2.12. The van der Waals surface area contributed by atoms with Crippen molar-refractivity contribution in [2.24, 2.45) is 0 Å². The molecule has 4 aromatic rings. The molecule has 2 aromatic heterocycles. The van der Waals surface area contributed by atoms with Crippen molar-refractivity contribution in [2.45, 2.75) is 32.3 Å². The van der Waals surface area contributed by atoms with E-state index in [1.807, 2.05) is 19.1 Å². The number of fused-ring (bicyclic) bond motifs is 2. The van der Waals surface area contributed by atoms with E-state index in [0.29, 0.717) is 11.4 Å². The summed E-state index contributed by atoms with van der Waals surface area (Å²) in [6.45, 7) is 2.00. The number of methoxy groups -OCH3 is 1. The van der Waals surface area contributed by atoms with Gasteiger partial charge in [0.15, 0.2) is 11.6 Å². The Balaban J connectivity index is 1.60. The first-order chi connectivity index (χ1) is 14.1. The Morgan fingerprint density at radius 2 is 2.03 bits per heavy atom. The van der Waals surface area contributed by atoms with Gasteiger partial charge in [-0.1, -0.05) is 0 Å². The Morgan fingerprint density at radius 3 is 2.83 bits per heavy atom. The van der Waals surface area contributed by atoms with Crippen LogP contribution in [0.5, 0.6) is 11.6 Å². The summed E-state index contributed by atoms with van der Waals surface area (Å²) in [5, 5.41) is 0.775. The molecule has 1 aliphatic rings. The predicted molar refractivity (Wildman–Crippen MR) is 112 cm³/mol. The number of hydrogen-bond acceptors (Lipinski definition) is 6. The van der Waals surface area contributed by atoms with Gasteiger partial charge in [-0.3, -0.25) is 0 Å². The number of aromatic nitrogens is 3. The Hall–Kier alpha value is -2.80. The van der Waals surface area contributed by atoms with Crippen LogP contribution in [-0.2, 0) is 0 Å². The van der Waals surface area contributed by atoms with Crippen molar-refractivity contribution < 1.29 is 13.9 Å². The normalized spacial score (nSPS) is 14.7. The first-order valence-corrected chi connectivity index (χ1v) is 10.3. The van der Waals surface area contributed by atoms with Gasteiger partial charge in [-0.25, -0.2) is 19.3 Å². The van der Waals surface area contributed by atoms with E-state index in [4.69, 9.17) is 9.47 Å². The van der Waals surface area contributed by atoms with Gasteiger partial charge in [0, 0.05) is 24.1 Å². The molecule has 147 valence electrons. The lowest BCUT2D eigenvalue weighted by Gasteiger charge is -2.13. The van der Waals surface area contributed by atoms with Gasteiger partial charge in [0.2, 0.25) is 5.88 Å². The number of ether oxygens (including phenoxy) is 2. The van der Waals surface area contributed by atoms with Crippen LogP contribution in [0.25, 0.3) is 31.8 Å². The highest BCUT2D eigenvalue weighted by molar-refractivity contribution is 7.21. The largest absolute Gasteiger partial charge is 0.487 e. The third-order valence-corrected chi connectivity index (χ3v) is 6.10. The van der Waals surface area contributed by atoms with E-state index in [1.54, 1.807) is 19.4 Å². The highest BCUT2D eigenvalue weighted by atomic mass is 32.1. The molecule has 0 bridgehead atoms. The van der Waals surface area contributed by atoms with Crippen LogP contribution in [0.2, 0.25) is 0 Å². The van der Waals surface area contributed by atoms with Gasteiger partial charge in [-0.05, 0) is 43.9 Å². The third kappa shape index (κ3) is 3.40. The van der Waals surface area contributed by atoms with Gasteiger partial charge in [0.05, 0.1) is 34.6 Å². The van der Waals surface area contributed by atoms with Gasteiger partial charge in [0.1, 0.15) is 11.1 Å². The van der Waals surface area contributed by atoms with Gasteiger partial charge in [0.25, 0.3) is 0 Å². The van der Waals surface area contributed by atoms with Crippen molar-refractivity contribution in [3.8, 4) is 22.2 Å². The molecule has 0 aliphatic heterocycles. The smallest absolute Gasteiger partial charge is 0.232 e. The minimum atomic E-state index is -0.381.